The maximum absolute atomic E-state index is 10.7. The maximum atomic E-state index is 10.7. The van der Waals surface area contributed by atoms with Gasteiger partial charge in [-0.2, -0.15) is 0 Å². The highest BCUT2D eigenvalue weighted by Gasteiger charge is 2.31. The maximum Gasteiger partial charge on any atom is 0.317 e. The molecule has 0 amide bonds. The van der Waals surface area contributed by atoms with E-state index in [0.717, 1.165) is 23.1 Å². The minimum absolute atomic E-state index is 0.0700. The largest absolute Gasteiger partial charge is 0.480 e. The predicted molar refractivity (Wildman–Crippen MR) is 65.2 cm³/mol. The molecule has 6 heteroatoms. The van der Waals surface area contributed by atoms with Crippen LogP contribution in [0, 0.1) is 0 Å². The normalized spacial score (nSPS) is 15.7. The zero-order valence-corrected chi connectivity index (χ0v) is 11.6. The molecule has 0 atom stereocenters. The molecule has 0 saturated heterocycles. The van der Waals surface area contributed by atoms with Crippen LogP contribution in [0.2, 0.25) is 0 Å². The Bertz CT molecular complexity index is 381. The summed E-state index contributed by atoms with van der Waals surface area (Å²) in [5.74, 6) is -0.0245. The molecule has 0 unspecified atom stereocenters. The van der Waals surface area contributed by atoms with Gasteiger partial charge in [-0.3, -0.25) is 9.69 Å². The standard InChI is InChI=1S/C10H11Br2NO3/c11-8-3-7(16-10(8)12)4-13(5-9(14)15)6-1-2-6/h3,6H,1-2,4-5H2,(H,14,15). The Morgan fingerprint density at radius 1 is 1.56 bits per heavy atom. The zero-order valence-electron chi connectivity index (χ0n) is 8.45. The quantitative estimate of drug-likeness (QED) is 0.885. The van der Waals surface area contributed by atoms with Crippen LogP contribution >= 0.6 is 31.9 Å². The lowest BCUT2D eigenvalue weighted by molar-refractivity contribution is -0.138. The zero-order chi connectivity index (χ0) is 11.7. The van der Waals surface area contributed by atoms with Crippen molar-refractivity contribution in [3.8, 4) is 0 Å². The molecule has 16 heavy (non-hydrogen) atoms. The van der Waals surface area contributed by atoms with Crippen LogP contribution in [0.5, 0.6) is 0 Å². The molecule has 1 aromatic rings. The summed E-state index contributed by atoms with van der Waals surface area (Å²) < 4.78 is 6.94. The molecule has 0 aromatic carbocycles. The second-order valence-electron chi connectivity index (χ2n) is 3.86. The van der Waals surface area contributed by atoms with Crippen LogP contribution in [0.4, 0.5) is 0 Å². The molecule has 1 aromatic heterocycles. The van der Waals surface area contributed by atoms with E-state index in [1.54, 1.807) is 0 Å². The highest BCUT2D eigenvalue weighted by atomic mass is 79.9. The van der Waals surface area contributed by atoms with Crippen molar-refractivity contribution in [3.63, 3.8) is 0 Å². The van der Waals surface area contributed by atoms with Crippen molar-refractivity contribution in [2.45, 2.75) is 25.4 Å². The number of aliphatic carboxylic acids is 1. The Balaban J connectivity index is 2.02. The summed E-state index contributed by atoms with van der Waals surface area (Å²) in [5, 5.41) is 8.81. The van der Waals surface area contributed by atoms with Gasteiger partial charge in [0.15, 0.2) is 4.67 Å². The first-order chi connectivity index (χ1) is 7.56. The van der Waals surface area contributed by atoms with Crippen molar-refractivity contribution >= 4 is 37.8 Å². The first kappa shape index (κ1) is 12.1. The highest BCUT2D eigenvalue weighted by molar-refractivity contribution is 9.13. The number of hydrogen-bond donors (Lipinski definition) is 1. The second-order valence-corrected chi connectivity index (χ2v) is 5.44. The van der Waals surface area contributed by atoms with Crippen LogP contribution in [-0.2, 0) is 11.3 Å². The molecule has 0 bridgehead atoms. The van der Waals surface area contributed by atoms with E-state index in [1.165, 1.54) is 0 Å². The molecule has 0 spiro atoms. The fourth-order valence-corrected chi connectivity index (χ4v) is 2.26. The Labute approximate surface area is 110 Å². The second kappa shape index (κ2) is 4.89. The van der Waals surface area contributed by atoms with Crippen LogP contribution in [0.1, 0.15) is 18.6 Å². The van der Waals surface area contributed by atoms with E-state index < -0.39 is 5.97 Å². The Morgan fingerprint density at radius 2 is 2.25 bits per heavy atom. The predicted octanol–water partition coefficient (Wildman–Crippen LogP) is 2.85. The molecule has 1 aliphatic carbocycles. The Hall–Kier alpha value is -0.330. The minimum Gasteiger partial charge on any atom is -0.480 e. The molecule has 1 heterocycles. The molecule has 4 nitrogen and oxygen atoms in total. The van der Waals surface area contributed by atoms with Gasteiger partial charge in [0, 0.05) is 6.04 Å². The van der Waals surface area contributed by atoms with Crippen molar-refractivity contribution in [3.05, 3.63) is 21.0 Å². The molecule has 1 N–H and O–H groups in total. The summed E-state index contributed by atoms with van der Waals surface area (Å²) in [5.41, 5.74) is 0. The van der Waals surface area contributed by atoms with Gasteiger partial charge in [-0.05, 0) is 50.8 Å². The van der Waals surface area contributed by atoms with E-state index in [4.69, 9.17) is 9.52 Å². The smallest absolute Gasteiger partial charge is 0.317 e. The fraction of sp³-hybridized carbons (Fsp3) is 0.500. The molecule has 88 valence electrons. The molecule has 1 saturated carbocycles. The van der Waals surface area contributed by atoms with Crippen molar-refractivity contribution < 1.29 is 14.3 Å². The van der Waals surface area contributed by atoms with Crippen LogP contribution in [0.3, 0.4) is 0 Å². The summed E-state index contributed by atoms with van der Waals surface area (Å²) in [6.07, 6.45) is 2.16. The molecule has 0 aliphatic heterocycles. The van der Waals surface area contributed by atoms with Gasteiger partial charge < -0.3 is 9.52 Å². The first-order valence-corrected chi connectivity index (χ1v) is 6.54. The number of furan rings is 1. The third kappa shape index (κ3) is 3.09. The average molecular weight is 353 g/mol. The summed E-state index contributed by atoms with van der Waals surface area (Å²) in [7, 11) is 0. The number of carbonyl (C=O) groups is 1. The molecular formula is C10H11Br2NO3. The van der Waals surface area contributed by atoms with Gasteiger partial charge in [-0.15, -0.1) is 0 Å². The lowest BCUT2D eigenvalue weighted by Crippen LogP contribution is -2.31. The van der Waals surface area contributed by atoms with Crippen LogP contribution in [0.25, 0.3) is 0 Å². The number of carboxylic acid groups (broad SMARTS) is 1. The summed E-state index contributed by atoms with van der Waals surface area (Å²) in [6.45, 7) is 0.613. The van der Waals surface area contributed by atoms with Crippen molar-refractivity contribution in [2.75, 3.05) is 6.54 Å². The minimum atomic E-state index is -0.795. The Kier molecular flexibility index (Phi) is 3.71. The van der Waals surface area contributed by atoms with Crippen molar-refractivity contribution in [1.82, 2.24) is 4.90 Å². The average Bonchev–Trinajstić information content (AvgIpc) is 2.94. The van der Waals surface area contributed by atoms with Gasteiger partial charge in [0.1, 0.15) is 5.76 Å². The SMILES string of the molecule is O=C(O)CN(Cc1cc(Br)c(Br)o1)C1CC1. The fourth-order valence-electron chi connectivity index (χ4n) is 1.60. The van der Waals surface area contributed by atoms with E-state index in [1.807, 2.05) is 11.0 Å². The van der Waals surface area contributed by atoms with Gasteiger partial charge in [0.05, 0.1) is 17.6 Å². The van der Waals surface area contributed by atoms with Gasteiger partial charge in [0.25, 0.3) is 0 Å². The topological polar surface area (TPSA) is 53.7 Å². The third-order valence-electron chi connectivity index (χ3n) is 2.46. The number of halogens is 2. The first-order valence-electron chi connectivity index (χ1n) is 4.96. The van der Waals surface area contributed by atoms with Gasteiger partial charge in [-0.25, -0.2) is 0 Å². The molecule has 2 rings (SSSR count). The van der Waals surface area contributed by atoms with E-state index in [9.17, 15) is 4.79 Å². The van der Waals surface area contributed by atoms with Crippen LogP contribution in [-0.4, -0.2) is 28.6 Å². The molecule has 1 fully saturated rings. The lowest BCUT2D eigenvalue weighted by Gasteiger charge is -2.17. The van der Waals surface area contributed by atoms with Crippen molar-refractivity contribution in [2.24, 2.45) is 0 Å². The van der Waals surface area contributed by atoms with E-state index in [2.05, 4.69) is 31.9 Å². The number of nitrogens with zero attached hydrogens (tertiary/aromatic N) is 1. The van der Waals surface area contributed by atoms with Crippen molar-refractivity contribution in [1.29, 1.82) is 0 Å². The molecule has 0 radical (unpaired) electrons. The Morgan fingerprint density at radius 3 is 2.69 bits per heavy atom. The highest BCUT2D eigenvalue weighted by Crippen LogP contribution is 2.31. The lowest BCUT2D eigenvalue weighted by atomic mass is 10.3. The van der Waals surface area contributed by atoms with Gasteiger partial charge in [0.2, 0.25) is 0 Å². The number of carboxylic acids is 1. The summed E-state index contributed by atoms with van der Waals surface area (Å²) in [6, 6.07) is 2.26. The third-order valence-corrected chi connectivity index (χ3v) is 4.17. The summed E-state index contributed by atoms with van der Waals surface area (Å²) in [4.78, 5) is 12.6. The van der Waals surface area contributed by atoms with Gasteiger partial charge >= 0.3 is 5.97 Å². The number of rotatable bonds is 5. The monoisotopic (exact) mass is 351 g/mol. The molecule has 1 aliphatic rings. The summed E-state index contributed by atoms with van der Waals surface area (Å²) >= 11 is 6.60. The van der Waals surface area contributed by atoms with E-state index in [-0.39, 0.29) is 6.54 Å². The van der Waals surface area contributed by atoms with E-state index >= 15 is 0 Å². The van der Waals surface area contributed by atoms with E-state index in [0.29, 0.717) is 17.3 Å². The van der Waals surface area contributed by atoms with Crippen LogP contribution < -0.4 is 0 Å². The van der Waals surface area contributed by atoms with Crippen LogP contribution in [0.15, 0.2) is 19.6 Å². The number of hydrogen-bond acceptors (Lipinski definition) is 3. The molecular weight excluding hydrogens is 342 g/mol. The van der Waals surface area contributed by atoms with Gasteiger partial charge in [-0.1, -0.05) is 0 Å².